The van der Waals surface area contributed by atoms with E-state index in [1.54, 1.807) is 0 Å². The Balaban J connectivity index is 2.46. The van der Waals surface area contributed by atoms with Crippen LogP contribution in [0.25, 0.3) is 0 Å². The molecule has 0 aliphatic carbocycles. The molecule has 0 aromatic rings. The van der Waals surface area contributed by atoms with Gasteiger partial charge >= 0.3 is 0 Å². The van der Waals surface area contributed by atoms with Gasteiger partial charge < -0.3 is 9.84 Å². The van der Waals surface area contributed by atoms with Crippen LogP contribution >= 0.6 is 0 Å². The molecule has 2 heteroatoms. The zero-order valence-corrected chi connectivity index (χ0v) is 10.7. The van der Waals surface area contributed by atoms with Crippen molar-refractivity contribution in [1.29, 1.82) is 0 Å². The highest BCUT2D eigenvalue weighted by Crippen LogP contribution is 2.37. The number of aliphatic hydroxyl groups excluding tert-OH is 1. The van der Waals surface area contributed by atoms with E-state index in [1.165, 1.54) is 0 Å². The predicted octanol–water partition coefficient (Wildman–Crippen LogP) is 3.13. The van der Waals surface area contributed by atoms with E-state index in [0.717, 1.165) is 32.1 Å². The van der Waals surface area contributed by atoms with Gasteiger partial charge in [0.05, 0.1) is 11.7 Å². The summed E-state index contributed by atoms with van der Waals surface area (Å²) in [5, 5.41) is 9.45. The molecule has 90 valence electrons. The molecule has 1 fully saturated rings. The van der Waals surface area contributed by atoms with Crippen LogP contribution in [0.2, 0.25) is 0 Å². The molecule has 0 amide bonds. The van der Waals surface area contributed by atoms with Gasteiger partial charge in [-0.15, -0.1) is 0 Å². The lowest BCUT2D eigenvalue weighted by Crippen LogP contribution is -2.29. The van der Waals surface area contributed by atoms with E-state index < -0.39 is 0 Å². The fourth-order valence-electron chi connectivity index (χ4n) is 2.62. The Hall–Kier alpha value is -0.0800. The van der Waals surface area contributed by atoms with Crippen molar-refractivity contribution < 1.29 is 9.84 Å². The molecule has 1 rings (SSSR count). The molecule has 0 spiro atoms. The van der Waals surface area contributed by atoms with Crippen molar-refractivity contribution in [1.82, 2.24) is 0 Å². The van der Waals surface area contributed by atoms with Crippen molar-refractivity contribution in [2.75, 3.05) is 6.61 Å². The van der Waals surface area contributed by atoms with E-state index in [-0.39, 0.29) is 17.6 Å². The molecule has 15 heavy (non-hydrogen) atoms. The molecule has 0 saturated carbocycles. The molecule has 0 bridgehead atoms. The lowest BCUT2D eigenvalue weighted by Gasteiger charge is -2.30. The molecule has 1 N–H and O–H groups in total. The zero-order valence-electron chi connectivity index (χ0n) is 10.7. The maximum absolute atomic E-state index is 9.45. The predicted molar refractivity (Wildman–Crippen MR) is 62.9 cm³/mol. The zero-order chi connectivity index (χ0) is 11.5. The maximum atomic E-state index is 9.45. The molecule has 1 aliphatic heterocycles. The smallest absolute Gasteiger partial charge is 0.0631 e. The van der Waals surface area contributed by atoms with Gasteiger partial charge in [0.1, 0.15) is 0 Å². The monoisotopic (exact) mass is 214 g/mol. The van der Waals surface area contributed by atoms with Gasteiger partial charge in [0.25, 0.3) is 0 Å². The van der Waals surface area contributed by atoms with E-state index in [0.29, 0.717) is 6.10 Å². The fourth-order valence-corrected chi connectivity index (χ4v) is 2.62. The summed E-state index contributed by atoms with van der Waals surface area (Å²) in [7, 11) is 0. The Morgan fingerprint density at radius 3 is 2.53 bits per heavy atom. The van der Waals surface area contributed by atoms with E-state index in [2.05, 4.69) is 27.7 Å². The summed E-state index contributed by atoms with van der Waals surface area (Å²) in [5.74, 6) is 0. The van der Waals surface area contributed by atoms with Crippen LogP contribution in [0.4, 0.5) is 0 Å². The van der Waals surface area contributed by atoms with Crippen LogP contribution in [-0.2, 0) is 4.74 Å². The minimum absolute atomic E-state index is 0.0489. The summed E-state index contributed by atoms with van der Waals surface area (Å²) < 4.78 is 5.98. The molecule has 0 aromatic carbocycles. The van der Waals surface area contributed by atoms with Crippen molar-refractivity contribution >= 4 is 0 Å². The maximum Gasteiger partial charge on any atom is 0.0631 e. The van der Waals surface area contributed by atoms with Crippen LogP contribution in [0, 0.1) is 5.41 Å². The SMILES string of the molecule is CCCC(C)(CO)CC1CCC(C)(C)O1. The van der Waals surface area contributed by atoms with Crippen molar-refractivity contribution in [2.45, 2.75) is 71.5 Å². The Bertz CT molecular complexity index is 201. The number of hydrogen-bond donors (Lipinski definition) is 1. The summed E-state index contributed by atoms with van der Waals surface area (Å²) in [5.41, 5.74) is 0.104. The van der Waals surface area contributed by atoms with Crippen LogP contribution in [0.15, 0.2) is 0 Å². The number of aliphatic hydroxyl groups is 1. The largest absolute Gasteiger partial charge is 0.396 e. The Morgan fingerprint density at radius 2 is 2.13 bits per heavy atom. The van der Waals surface area contributed by atoms with Gasteiger partial charge in [-0.25, -0.2) is 0 Å². The molecule has 0 radical (unpaired) electrons. The van der Waals surface area contributed by atoms with E-state index in [1.807, 2.05) is 0 Å². The highest BCUT2D eigenvalue weighted by atomic mass is 16.5. The second-order valence-electron chi connectivity index (χ2n) is 5.96. The average molecular weight is 214 g/mol. The van der Waals surface area contributed by atoms with E-state index in [4.69, 9.17) is 4.74 Å². The summed E-state index contributed by atoms with van der Waals surface area (Å²) in [6, 6.07) is 0. The summed E-state index contributed by atoms with van der Waals surface area (Å²) in [4.78, 5) is 0. The minimum Gasteiger partial charge on any atom is -0.396 e. The normalized spacial score (nSPS) is 29.0. The number of ether oxygens (including phenoxy) is 1. The molecule has 2 nitrogen and oxygen atoms in total. The van der Waals surface area contributed by atoms with Gasteiger partial charge in [-0.05, 0) is 44.9 Å². The molecular formula is C13H26O2. The molecule has 1 heterocycles. The second-order valence-corrected chi connectivity index (χ2v) is 5.96. The lowest BCUT2D eigenvalue weighted by atomic mass is 9.80. The van der Waals surface area contributed by atoms with E-state index in [9.17, 15) is 5.11 Å². The third-order valence-electron chi connectivity index (χ3n) is 3.51. The highest BCUT2D eigenvalue weighted by Gasteiger charge is 2.36. The minimum atomic E-state index is 0.0489. The first-order valence-corrected chi connectivity index (χ1v) is 6.19. The molecule has 2 unspecified atom stereocenters. The first kappa shape index (κ1) is 13.0. The Labute approximate surface area is 94.0 Å². The Kier molecular flexibility index (Phi) is 4.19. The molecule has 1 saturated heterocycles. The average Bonchev–Trinajstić information content (AvgIpc) is 2.46. The summed E-state index contributed by atoms with van der Waals surface area (Å²) >= 11 is 0. The van der Waals surface area contributed by atoms with Crippen molar-refractivity contribution in [2.24, 2.45) is 5.41 Å². The van der Waals surface area contributed by atoms with Gasteiger partial charge in [0, 0.05) is 6.61 Å². The van der Waals surface area contributed by atoms with Gasteiger partial charge in [0.2, 0.25) is 0 Å². The standard InChI is InChI=1S/C13H26O2/c1-5-7-13(4,10-14)9-11-6-8-12(2,3)15-11/h11,14H,5-10H2,1-4H3. The van der Waals surface area contributed by atoms with Gasteiger partial charge in [-0.3, -0.25) is 0 Å². The quantitative estimate of drug-likeness (QED) is 0.762. The van der Waals surface area contributed by atoms with Gasteiger partial charge in [-0.2, -0.15) is 0 Å². The molecule has 0 aromatic heterocycles. The Morgan fingerprint density at radius 1 is 1.47 bits per heavy atom. The third-order valence-corrected chi connectivity index (χ3v) is 3.51. The van der Waals surface area contributed by atoms with Crippen LogP contribution in [-0.4, -0.2) is 23.4 Å². The van der Waals surface area contributed by atoms with E-state index >= 15 is 0 Å². The van der Waals surface area contributed by atoms with Crippen LogP contribution in [0.3, 0.4) is 0 Å². The molecule has 2 atom stereocenters. The highest BCUT2D eigenvalue weighted by molar-refractivity contribution is 4.85. The third kappa shape index (κ3) is 3.76. The topological polar surface area (TPSA) is 29.5 Å². The number of hydrogen-bond acceptors (Lipinski definition) is 2. The van der Waals surface area contributed by atoms with Crippen LogP contribution in [0.1, 0.15) is 59.8 Å². The van der Waals surface area contributed by atoms with Gasteiger partial charge in [0.15, 0.2) is 0 Å². The van der Waals surface area contributed by atoms with Crippen molar-refractivity contribution in [3.63, 3.8) is 0 Å². The molecule has 1 aliphatic rings. The second kappa shape index (κ2) is 4.84. The molecular weight excluding hydrogens is 188 g/mol. The lowest BCUT2D eigenvalue weighted by molar-refractivity contribution is -0.0423. The first-order valence-electron chi connectivity index (χ1n) is 6.19. The van der Waals surface area contributed by atoms with Crippen LogP contribution in [0.5, 0.6) is 0 Å². The van der Waals surface area contributed by atoms with Crippen molar-refractivity contribution in [3.8, 4) is 0 Å². The first-order chi connectivity index (χ1) is 6.91. The summed E-state index contributed by atoms with van der Waals surface area (Å²) in [6.45, 7) is 8.94. The fraction of sp³-hybridized carbons (Fsp3) is 1.00. The van der Waals surface area contributed by atoms with Crippen molar-refractivity contribution in [3.05, 3.63) is 0 Å². The van der Waals surface area contributed by atoms with Gasteiger partial charge in [-0.1, -0.05) is 20.3 Å². The number of rotatable bonds is 5. The van der Waals surface area contributed by atoms with Crippen LogP contribution < -0.4 is 0 Å². The summed E-state index contributed by atoms with van der Waals surface area (Å²) in [6.07, 6.45) is 5.86.